The third-order valence-electron chi connectivity index (χ3n) is 3.46. The van der Waals surface area contributed by atoms with Crippen molar-refractivity contribution in [2.75, 3.05) is 0 Å². The van der Waals surface area contributed by atoms with Gasteiger partial charge in [-0.05, 0) is 37.0 Å². The third-order valence-corrected chi connectivity index (χ3v) is 3.46. The highest BCUT2D eigenvalue weighted by Gasteiger charge is 2.25. The van der Waals surface area contributed by atoms with Gasteiger partial charge < -0.3 is 5.11 Å². The van der Waals surface area contributed by atoms with Gasteiger partial charge in [0.2, 0.25) is 0 Å². The molecule has 16 heavy (non-hydrogen) atoms. The summed E-state index contributed by atoms with van der Waals surface area (Å²) in [7, 11) is 0. The predicted molar refractivity (Wildman–Crippen MR) is 63.8 cm³/mol. The van der Waals surface area contributed by atoms with Crippen LogP contribution >= 0.6 is 0 Å². The van der Waals surface area contributed by atoms with Gasteiger partial charge in [-0.1, -0.05) is 25.8 Å². The van der Waals surface area contributed by atoms with E-state index in [4.69, 9.17) is 0 Å². The zero-order chi connectivity index (χ0) is 11.5. The van der Waals surface area contributed by atoms with Gasteiger partial charge in [0, 0.05) is 5.92 Å². The first kappa shape index (κ1) is 11.2. The number of ketones is 1. The second kappa shape index (κ2) is 4.69. The van der Waals surface area contributed by atoms with Crippen LogP contribution in [0.3, 0.4) is 0 Å². The maximum Gasteiger partial charge on any atom is 0.169 e. The molecule has 0 aliphatic heterocycles. The average Bonchev–Trinajstić information content (AvgIpc) is 2.82. The molecule has 0 spiro atoms. The van der Waals surface area contributed by atoms with Crippen molar-refractivity contribution in [3.63, 3.8) is 0 Å². The number of aromatic hydroxyl groups is 1. The molecule has 86 valence electrons. The third kappa shape index (κ3) is 2.11. The largest absolute Gasteiger partial charge is 0.507 e. The Bertz CT molecular complexity index is 390. The lowest BCUT2D eigenvalue weighted by atomic mass is 9.94. The van der Waals surface area contributed by atoms with Crippen LogP contribution in [-0.4, -0.2) is 10.9 Å². The first-order valence-electron chi connectivity index (χ1n) is 6.08. The molecule has 1 aromatic carbocycles. The smallest absolute Gasteiger partial charge is 0.169 e. The minimum atomic E-state index is 0.130. The standard InChI is InChI=1S/C14H18O2/c1-2-10-7-8-13(15)12(9-10)14(16)11-5-3-4-6-11/h7-9,11,15H,2-6H2,1H3. The molecule has 2 nitrogen and oxygen atoms in total. The average molecular weight is 218 g/mol. The Hall–Kier alpha value is -1.31. The Morgan fingerprint density at radius 1 is 1.38 bits per heavy atom. The van der Waals surface area contributed by atoms with Crippen molar-refractivity contribution in [1.82, 2.24) is 0 Å². The van der Waals surface area contributed by atoms with Crippen molar-refractivity contribution >= 4 is 5.78 Å². The molecule has 2 rings (SSSR count). The van der Waals surface area contributed by atoms with Gasteiger partial charge in [-0.3, -0.25) is 4.79 Å². The SMILES string of the molecule is CCc1ccc(O)c(C(=O)C2CCCC2)c1. The number of phenolic OH excluding ortho intramolecular Hbond substituents is 1. The number of benzene rings is 1. The molecular formula is C14H18O2. The quantitative estimate of drug-likeness (QED) is 0.790. The Kier molecular flexibility index (Phi) is 3.28. The van der Waals surface area contributed by atoms with Crippen LogP contribution in [0.15, 0.2) is 18.2 Å². The lowest BCUT2D eigenvalue weighted by molar-refractivity contribution is 0.0920. The molecule has 0 radical (unpaired) electrons. The molecule has 0 unspecified atom stereocenters. The van der Waals surface area contributed by atoms with Gasteiger partial charge in [0.25, 0.3) is 0 Å². The summed E-state index contributed by atoms with van der Waals surface area (Å²) in [5, 5.41) is 9.74. The van der Waals surface area contributed by atoms with Crippen molar-refractivity contribution in [1.29, 1.82) is 0 Å². The van der Waals surface area contributed by atoms with Crippen LogP contribution in [0.2, 0.25) is 0 Å². The summed E-state index contributed by atoms with van der Waals surface area (Å²) in [6.07, 6.45) is 5.14. The van der Waals surface area contributed by atoms with Gasteiger partial charge in [0.1, 0.15) is 5.75 Å². The van der Waals surface area contributed by atoms with Crippen molar-refractivity contribution in [2.24, 2.45) is 5.92 Å². The minimum Gasteiger partial charge on any atom is -0.507 e. The molecule has 0 atom stereocenters. The highest BCUT2D eigenvalue weighted by atomic mass is 16.3. The molecule has 1 N–H and O–H groups in total. The summed E-state index contributed by atoms with van der Waals surface area (Å²) in [5.74, 6) is 0.400. The zero-order valence-corrected chi connectivity index (χ0v) is 9.70. The molecule has 1 aliphatic rings. The Morgan fingerprint density at radius 2 is 2.06 bits per heavy atom. The van der Waals surface area contributed by atoms with E-state index in [2.05, 4.69) is 6.92 Å². The fourth-order valence-electron chi connectivity index (χ4n) is 2.41. The summed E-state index contributed by atoms with van der Waals surface area (Å²) in [6, 6.07) is 5.36. The Labute approximate surface area is 96.3 Å². The van der Waals surface area contributed by atoms with E-state index in [-0.39, 0.29) is 17.5 Å². The van der Waals surface area contributed by atoms with Crippen molar-refractivity contribution in [3.8, 4) is 5.75 Å². The highest BCUT2D eigenvalue weighted by molar-refractivity contribution is 6.00. The molecular weight excluding hydrogens is 200 g/mol. The van der Waals surface area contributed by atoms with Crippen LogP contribution in [-0.2, 0) is 6.42 Å². The van der Waals surface area contributed by atoms with E-state index in [1.54, 1.807) is 6.07 Å². The number of phenols is 1. The molecule has 0 heterocycles. The summed E-state index contributed by atoms with van der Waals surface area (Å²) >= 11 is 0. The normalized spacial score (nSPS) is 16.6. The molecule has 0 saturated heterocycles. The van der Waals surface area contributed by atoms with Crippen molar-refractivity contribution in [2.45, 2.75) is 39.0 Å². The minimum absolute atomic E-state index is 0.130. The number of hydrogen-bond acceptors (Lipinski definition) is 2. The van der Waals surface area contributed by atoms with E-state index >= 15 is 0 Å². The molecule has 1 aliphatic carbocycles. The molecule has 1 aromatic rings. The highest BCUT2D eigenvalue weighted by Crippen LogP contribution is 2.31. The van der Waals surface area contributed by atoms with Gasteiger partial charge >= 0.3 is 0 Å². The van der Waals surface area contributed by atoms with Crippen LogP contribution in [0.5, 0.6) is 5.75 Å². The molecule has 2 heteroatoms. The Morgan fingerprint density at radius 3 is 2.69 bits per heavy atom. The van der Waals surface area contributed by atoms with E-state index in [0.29, 0.717) is 5.56 Å². The van der Waals surface area contributed by atoms with Gasteiger partial charge in [-0.15, -0.1) is 0 Å². The van der Waals surface area contributed by atoms with Crippen LogP contribution in [0.1, 0.15) is 48.5 Å². The first-order valence-corrected chi connectivity index (χ1v) is 6.08. The monoisotopic (exact) mass is 218 g/mol. The summed E-state index contributed by atoms with van der Waals surface area (Å²) in [6.45, 7) is 2.05. The molecule has 0 amide bonds. The second-order valence-electron chi connectivity index (χ2n) is 4.55. The molecule has 0 bridgehead atoms. The number of carbonyl (C=O) groups excluding carboxylic acids is 1. The Balaban J connectivity index is 2.27. The van der Waals surface area contributed by atoms with Crippen LogP contribution < -0.4 is 0 Å². The van der Waals surface area contributed by atoms with E-state index in [9.17, 15) is 9.90 Å². The van der Waals surface area contributed by atoms with Gasteiger partial charge in [-0.2, -0.15) is 0 Å². The molecule has 0 aromatic heterocycles. The number of aryl methyl sites for hydroxylation is 1. The first-order chi connectivity index (χ1) is 7.72. The van der Waals surface area contributed by atoms with Crippen molar-refractivity contribution < 1.29 is 9.90 Å². The summed E-state index contributed by atoms with van der Waals surface area (Å²) in [5.41, 5.74) is 1.63. The summed E-state index contributed by atoms with van der Waals surface area (Å²) in [4.78, 5) is 12.2. The fourth-order valence-corrected chi connectivity index (χ4v) is 2.41. The maximum absolute atomic E-state index is 12.2. The topological polar surface area (TPSA) is 37.3 Å². The van der Waals surface area contributed by atoms with E-state index < -0.39 is 0 Å². The summed E-state index contributed by atoms with van der Waals surface area (Å²) < 4.78 is 0. The van der Waals surface area contributed by atoms with Crippen molar-refractivity contribution in [3.05, 3.63) is 29.3 Å². The van der Waals surface area contributed by atoms with Crippen LogP contribution in [0.4, 0.5) is 0 Å². The lowest BCUT2D eigenvalue weighted by Gasteiger charge is -2.10. The van der Waals surface area contributed by atoms with Gasteiger partial charge in [0.05, 0.1) is 5.56 Å². The van der Waals surface area contributed by atoms with Crippen LogP contribution in [0, 0.1) is 5.92 Å². The predicted octanol–water partition coefficient (Wildman–Crippen LogP) is 3.33. The number of hydrogen-bond donors (Lipinski definition) is 1. The molecule has 1 saturated carbocycles. The second-order valence-corrected chi connectivity index (χ2v) is 4.55. The lowest BCUT2D eigenvalue weighted by Crippen LogP contribution is -2.11. The number of Topliss-reactive ketones (excluding diaryl/α,β-unsaturated/α-hetero) is 1. The fraction of sp³-hybridized carbons (Fsp3) is 0.500. The van der Waals surface area contributed by atoms with E-state index in [1.807, 2.05) is 12.1 Å². The number of rotatable bonds is 3. The molecule has 1 fully saturated rings. The van der Waals surface area contributed by atoms with Gasteiger partial charge in [-0.25, -0.2) is 0 Å². The van der Waals surface area contributed by atoms with Crippen LogP contribution in [0.25, 0.3) is 0 Å². The maximum atomic E-state index is 12.2. The van der Waals surface area contributed by atoms with E-state index in [1.165, 1.54) is 0 Å². The number of carbonyl (C=O) groups is 1. The van der Waals surface area contributed by atoms with E-state index in [0.717, 1.165) is 37.7 Å². The zero-order valence-electron chi connectivity index (χ0n) is 9.70. The van der Waals surface area contributed by atoms with Gasteiger partial charge in [0.15, 0.2) is 5.78 Å².